The number of nitrogens with zero attached hydrogens (tertiary/aromatic N) is 3. The molecule has 0 saturated carbocycles. The maximum absolute atomic E-state index is 13.5. The van der Waals surface area contributed by atoms with Crippen molar-refractivity contribution in [2.45, 2.75) is 0 Å². The van der Waals surface area contributed by atoms with Crippen molar-refractivity contribution in [1.29, 1.82) is 0 Å². The van der Waals surface area contributed by atoms with Gasteiger partial charge in [0.15, 0.2) is 5.82 Å². The summed E-state index contributed by atoms with van der Waals surface area (Å²) in [4.78, 5) is 12.5. The fourth-order valence-corrected chi connectivity index (χ4v) is 2.13. The van der Waals surface area contributed by atoms with E-state index >= 15 is 0 Å². The van der Waals surface area contributed by atoms with E-state index in [1.54, 1.807) is 36.7 Å². The number of aromatic nitrogens is 3. The number of pyridine rings is 1. The number of hydrogen-bond donors (Lipinski definition) is 1. The van der Waals surface area contributed by atoms with E-state index in [2.05, 4.69) is 20.3 Å². The van der Waals surface area contributed by atoms with Gasteiger partial charge in [-0.1, -0.05) is 23.2 Å². The van der Waals surface area contributed by atoms with Crippen LogP contribution in [0.1, 0.15) is 0 Å². The predicted molar refractivity (Wildman–Crippen MR) is 85.0 cm³/mol. The SMILES string of the molecule is Fc1cc(Nc2cc(Cl)nc(-c3ccncc3)n2)ccc1Cl. The maximum Gasteiger partial charge on any atom is 0.163 e. The minimum Gasteiger partial charge on any atom is -0.340 e. The zero-order valence-electron chi connectivity index (χ0n) is 11.1. The quantitative estimate of drug-likeness (QED) is 0.703. The summed E-state index contributed by atoms with van der Waals surface area (Å²) in [6, 6.07) is 9.50. The molecule has 0 fully saturated rings. The molecule has 0 spiro atoms. The highest BCUT2D eigenvalue weighted by atomic mass is 35.5. The molecule has 0 aliphatic carbocycles. The predicted octanol–water partition coefficient (Wildman–Crippen LogP) is 4.73. The first-order valence-electron chi connectivity index (χ1n) is 6.29. The molecule has 3 aromatic rings. The van der Waals surface area contributed by atoms with Crippen molar-refractivity contribution in [3.8, 4) is 11.4 Å². The number of anilines is 2. The Kier molecular flexibility index (Phi) is 4.18. The average Bonchev–Trinajstić information content (AvgIpc) is 2.51. The van der Waals surface area contributed by atoms with Crippen LogP contribution in [-0.4, -0.2) is 15.0 Å². The van der Waals surface area contributed by atoms with Gasteiger partial charge in [0, 0.05) is 29.7 Å². The van der Waals surface area contributed by atoms with E-state index < -0.39 is 5.82 Å². The summed E-state index contributed by atoms with van der Waals surface area (Å²) < 4.78 is 13.5. The Bertz CT molecular complexity index is 812. The number of rotatable bonds is 3. The molecule has 1 N–H and O–H groups in total. The lowest BCUT2D eigenvalue weighted by atomic mass is 10.2. The molecule has 0 atom stereocenters. The van der Waals surface area contributed by atoms with E-state index in [0.717, 1.165) is 5.56 Å². The van der Waals surface area contributed by atoms with E-state index in [0.29, 0.717) is 17.3 Å². The molecular weight excluding hydrogens is 326 g/mol. The normalized spacial score (nSPS) is 10.5. The maximum atomic E-state index is 13.5. The Labute approximate surface area is 136 Å². The second kappa shape index (κ2) is 6.25. The number of halogens is 3. The third-order valence-electron chi connectivity index (χ3n) is 2.83. The minimum absolute atomic E-state index is 0.0590. The Morgan fingerprint density at radius 2 is 1.73 bits per heavy atom. The van der Waals surface area contributed by atoms with Crippen LogP contribution in [0.3, 0.4) is 0 Å². The summed E-state index contributed by atoms with van der Waals surface area (Å²) in [5.41, 5.74) is 1.29. The molecular formula is C15H9Cl2FN4. The lowest BCUT2D eigenvalue weighted by molar-refractivity contribution is 0.629. The standard InChI is InChI=1S/C15H9Cl2FN4/c16-11-2-1-10(7-12(11)18)20-14-8-13(17)21-15(22-14)9-3-5-19-6-4-9/h1-8H,(H,20,21,22). The smallest absolute Gasteiger partial charge is 0.163 e. The van der Waals surface area contributed by atoms with Crippen molar-refractivity contribution >= 4 is 34.7 Å². The summed E-state index contributed by atoms with van der Waals surface area (Å²) in [7, 11) is 0. The van der Waals surface area contributed by atoms with E-state index in [1.165, 1.54) is 12.1 Å². The molecule has 0 amide bonds. The summed E-state index contributed by atoms with van der Waals surface area (Å²) in [5, 5.41) is 3.31. The molecule has 3 rings (SSSR count). The molecule has 2 heterocycles. The van der Waals surface area contributed by atoms with Crippen LogP contribution in [0.2, 0.25) is 10.2 Å². The molecule has 0 aliphatic rings. The van der Waals surface area contributed by atoms with Crippen molar-refractivity contribution in [3.63, 3.8) is 0 Å². The van der Waals surface area contributed by atoms with Gasteiger partial charge in [0.1, 0.15) is 16.8 Å². The third kappa shape index (κ3) is 3.32. The van der Waals surface area contributed by atoms with Crippen molar-refractivity contribution < 1.29 is 4.39 Å². The van der Waals surface area contributed by atoms with Gasteiger partial charge in [0.25, 0.3) is 0 Å². The van der Waals surface area contributed by atoms with E-state index in [4.69, 9.17) is 23.2 Å². The number of nitrogens with one attached hydrogen (secondary N) is 1. The van der Waals surface area contributed by atoms with Gasteiger partial charge in [0.2, 0.25) is 0 Å². The zero-order valence-corrected chi connectivity index (χ0v) is 12.6. The molecule has 110 valence electrons. The second-order valence-electron chi connectivity index (χ2n) is 4.39. The molecule has 0 aliphatic heterocycles. The van der Waals surface area contributed by atoms with Gasteiger partial charge in [-0.2, -0.15) is 0 Å². The van der Waals surface area contributed by atoms with Crippen molar-refractivity contribution in [2.24, 2.45) is 0 Å². The Morgan fingerprint density at radius 3 is 2.45 bits per heavy atom. The van der Waals surface area contributed by atoms with Gasteiger partial charge in [-0.15, -0.1) is 0 Å². The van der Waals surface area contributed by atoms with E-state index in [9.17, 15) is 4.39 Å². The molecule has 0 unspecified atom stereocenters. The molecule has 0 bridgehead atoms. The van der Waals surface area contributed by atoms with Gasteiger partial charge in [-0.25, -0.2) is 14.4 Å². The van der Waals surface area contributed by atoms with Gasteiger partial charge >= 0.3 is 0 Å². The fraction of sp³-hybridized carbons (Fsp3) is 0. The monoisotopic (exact) mass is 334 g/mol. The first-order chi connectivity index (χ1) is 10.6. The zero-order chi connectivity index (χ0) is 15.5. The van der Waals surface area contributed by atoms with Crippen molar-refractivity contribution in [1.82, 2.24) is 15.0 Å². The van der Waals surface area contributed by atoms with Crippen molar-refractivity contribution in [3.05, 3.63) is 64.8 Å². The lowest BCUT2D eigenvalue weighted by Crippen LogP contribution is -1.98. The van der Waals surface area contributed by atoms with Crippen LogP contribution in [0.15, 0.2) is 48.8 Å². The van der Waals surface area contributed by atoms with E-state index in [1.807, 2.05) is 0 Å². The molecule has 2 aromatic heterocycles. The third-order valence-corrected chi connectivity index (χ3v) is 3.33. The topological polar surface area (TPSA) is 50.7 Å². The summed E-state index contributed by atoms with van der Waals surface area (Å²) in [5.74, 6) is 0.390. The molecule has 22 heavy (non-hydrogen) atoms. The average molecular weight is 335 g/mol. The summed E-state index contributed by atoms with van der Waals surface area (Å²) >= 11 is 11.7. The molecule has 0 saturated heterocycles. The van der Waals surface area contributed by atoms with Crippen LogP contribution in [-0.2, 0) is 0 Å². The molecule has 7 heteroatoms. The van der Waals surface area contributed by atoms with Crippen LogP contribution >= 0.6 is 23.2 Å². The highest BCUT2D eigenvalue weighted by Gasteiger charge is 2.07. The van der Waals surface area contributed by atoms with Crippen LogP contribution in [0.4, 0.5) is 15.9 Å². The van der Waals surface area contributed by atoms with Crippen LogP contribution in [0.25, 0.3) is 11.4 Å². The first kappa shape index (κ1) is 14.7. The lowest BCUT2D eigenvalue weighted by Gasteiger charge is -2.08. The highest BCUT2D eigenvalue weighted by Crippen LogP contribution is 2.24. The summed E-state index contributed by atoms with van der Waals surface area (Å²) in [6.45, 7) is 0. The Hall–Kier alpha value is -2.24. The van der Waals surface area contributed by atoms with Crippen LogP contribution in [0, 0.1) is 5.82 Å². The molecule has 1 aromatic carbocycles. The van der Waals surface area contributed by atoms with Crippen molar-refractivity contribution in [2.75, 3.05) is 5.32 Å². The van der Waals surface area contributed by atoms with Gasteiger partial charge in [0.05, 0.1) is 5.02 Å². The molecule has 0 radical (unpaired) electrons. The van der Waals surface area contributed by atoms with Gasteiger partial charge < -0.3 is 5.32 Å². The van der Waals surface area contributed by atoms with E-state index in [-0.39, 0.29) is 10.2 Å². The van der Waals surface area contributed by atoms with Gasteiger partial charge in [-0.05, 0) is 30.3 Å². The van der Waals surface area contributed by atoms with Crippen LogP contribution < -0.4 is 5.32 Å². The fourth-order valence-electron chi connectivity index (χ4n) is 1.83. The van der Waals surface area contributed by atoms with Gasteiger partial charge in [-0.3, -0.25) is 4.98 Å². The largest absolute Gasteiger partial charge is 0.340 e. The van der Waals surface area contributed by atoms with Crippen LogP contribution in [0.5, 0.6) is 0 Å². The second-order valence-corrected chi connectivity index (χ2v) is 5.18. The minimum atomic E-state index is -0.513. The Balaban J connectivity index is 1.94. The first-order valence-corrected chi connectivity index (χ1v) is 7.04. The summed E-state index contributed by atoms with van der Waals surface area (Å²) in [6.07, 6.45) is 3.28. The Morgan fingerprint density at radius 1 is 0.955 bits per heavy atom. The number of benzene rings is 1. The highest BCUT2D eigenvalue weighted by molar-refractivity contribution is 6.30. The molecule has 4 nitrogen and oxygen atoms in total. The number of hydrogen-bond acceptors (Lipinski definition) is 4.